The summed E-state index contributed by atoms with van der Waals surface area (Å²) in [5.41, 5.74) is 1.34. The molecule has 2 heterocycles. The topological polar surface area (TPSA) is 62.7 Å². The Morgan fingerprint density at radius 1 is 1.48 bits per heavy atom. The lowest BCUT2D eigenvalue weighted by atomic mass is 9.95. The smallest absolute Gasteiger partial charge is 0.410 e. The minimum absolute atomic E-state index is 0.0288. The molecule has 0 saturated carbocycles. The lowest BCUT2D eigenvalue weighted by Crippen LogP contribution is -2.35. The highest BCUT2D eigenvalue weighted by Crippen LogP contribution is 2.30. The predicted octanol–water partition coefficient (Wildman–Crippen LogP) is 2.68. The number of aryl methyl sites for hydroxylation is 1. The number of nitrogens with zero attached hydrogens (tertiary/aromatic N) is 2. The molecule has 1 aliphatic rings. The van der Waals surface area contributed by atoms with Crippen LogP contribution in [0.1, 0.15) is 44.4 Å². The van der Waals surface area contributed by atoms with Gasteiger partial charge in [0.1, 0.15) is 5.60 Å². The van der Waals surface area contributed by atoms with Crippen molar-refractivity contribution in [1.29, 1.82) is 0 Å². The van der Waals surface area contributed by atoms with Crippen molar-refractivity contribution in [2.24, 2.45) is 5.92 Å². The molecule has 0 aromatic carbocycles. The van der Waals surface area contributed by atoms with Crippen LogP contribution in [-0.4, -0.2) is 39.8 Å². The van der Waals surface area contributed by atoms with E-state index in [9.17, 15) is 9.90 Å². The van der Waals surface area contributed by atoms with Gasteiger partial charge in [0.05, 0.1) is 6.10 Å². The van der Waals surface area contributed by atoms with Gasteiger partial charge in [-0.25, -0.2) is 4.79 Å². The molecule has 116 valence electrons. The van der Waals surface area contributed by atoms with Crippen LogP contribution >= 0.6 is 0 Å². The maximum atomic E-state index is 12.0. The standard InChI is InChI=1S/C16H24N2O3/c1-11-7-13(9-17-8-11)14(19)12-5-6-18(10-12)15(20)21-16(2,3)4/h7-9,12,14,19H,5-6,10H2,1-4H3. The number of likely N-dealkylation sites (tertiary alicyclic amines) is 1. The molecule has 1 saturated heterocycles. The third-order valence-electron chi connectivity index (χ3n) is 3.56. The Bertz CT molecular complexity index is 510. The molecule has 5 heteroatoms. The van der Waals surface area contributed by atoms with E-state index in [2.05, 4.69) is 4.98 Å². The summed E-state index contributed by atoms with van der Waals surface area (Å²) >= 11 is 0. The molecule has 2 unspecified atom stereocenters. The summed E-state index contributed by atoms with van der Waals surface area (Å²) in [6, 6.07) is 1.94. The van der Waals surface area contributed by atoms with E-state index in [0.717, 1.165) is 17.5 Å². The van der Waals surface area contributed by atoms with E-state index >= 15 is 0 Å². The summed E-state index contributed by atoms with van der Waals surface area (Å²) in [6.07, 6.45) is 3.32. The summed E-state index contributed by atoms with van der Waals surface area (Å²) in [5.74, 6) is 0.0288. The van der Waals surface area contributed by atoms with Crippen LogP contribution in [0.4, 0.5) is 4.79 Å². The minimum Gasteiger partial charge on any atom is -0.444 e. The van der Waals surface area contributed by atoms with Crippen LogP contribution in [0.15, 0.2) is 18.5 Å². The first-order valence-corrected chi connectivity index (χ1v) is 7.34. The lowest BCUT2D eigenvalue weighted by Gasteiger charge is -2.25. The summed E-state index contributed by atoms with van der Waals surface area (Å²) in [5, 5.41) is 10.5. The third-order valence-corrected chi connectivity index (χ3v) is 3.56. The first-order chi connectivity index (χ1) is 9.76. The quantitative estimate of drug-likeness (QED) is 0.910. The number of aliphatic hydroxyl groups is 1. The SMILES string of the molecule is Cc1cncc(C(O)C2CCN(C(=O)OC(C)(C)C)C2)c1. The van der Waals surface area contributed by atoms with Crippen LogP contribution in [0.2, 0.25) is 0 Å². The zero-order valence-corrected chi connectivity index (χ0v) is 13.2. The number of rotatable bonds is 2. The predicted molar refractivity (Wildman–Crippen MR) is 79.8 cm³/mol. The number of amides is 1. The highest BCUT2D eigenvalue weighted by atomic mass is 16.6. The maximum absolute atomic E-state index is 12.0. The Morgan fingerprint density at radius 3 is 2.81 bits per heavy atom. The number of hydrogen-bond acceptors (Lipinski definition) is 4. The first-order valence-electron chi connectivity index (χ1n) is 7.34. The van der Waals surface area contributed by atoms with Crippen molar-refractivity contribution in [1.82, 2.24) is 9.88 Å². The zero-order valence-electron chi connectivity index (χ0n) is 13.2. The second-order valence-electron chi connectivity index (χ2n) is 6.72. The fraction of sp³-hybridized carbons (Fsp3) is 0.625. The highest BCUT2D eigenvalue weighted by molar-refractivity contribution is 5.68. The fourth-order valence-electron chi connectivity index (χ4n) is 2.55. The second kappa shape index (κ2) is 6.02. The van der Waals surface area contributed by atoms with Gasteiger partial charge in [0.15, 0.2) is 0 Å². The van der Waals surface area contributed by atoms with E-state index in [1.165, 1.54) is 0 Å². The molecule has 1 aromatic rings. The van der Waals surface area contributed by atoms with E-state index in [-0.39, 0.29) is 12.0 Å². The van der Waals surface area contributed by atoms with Crippen molar-refractivity contribution < 1.29 is 14.6 Å². The molecule has 1 fully saturated rings. The van der Waals surface area contributed by atoms with Gasteiger partial charge in [0.2, 0.25) is 0 Å². The molecular weight excluding hydrogens is 268 g/mol. The summed E-state index contributed by atoms with van der Waals surface area (Å²) < 4.78 is 5.37. The molecule has 0 spiro atoms. The van der Waals surface area contributed by atoms with Gasteiger partial charge in [-0.1, -0.05) is 6.07 Å². The van der Waals surface area contributed by atoms with Gasteiger partial charge in [-0.3, -0.25) is 4.98 Å². The monoisotopic (exact) mass is 292 g/mol. The van der Waals surface area contributed by atoms with Crippen molar-refractivity contribution >= 4 is 6.09 Å². The van der Waals surface area contributed by atoms with Crippen LogP contribution in [0.25, 0.3) is 0 Å². The van der Waals surface area contributed by atoms with Gasteiger partial charge in [-0.2, -0.15) is 0 Å². The van der Waals surface area contributed by atoms with Gasteiger partial charge in [0.25, 0.3) is 0 Å². The van der Waals surface area contributed by atoms with Crippen LogP contribution < -0.4 is 0 Å². The molecule has 2 rings (SSSR count). The number of carbonyl (C=O) groups excluding carboxylic acids is 1. The second-order valence-corrected chi connectivity index (χ2v) is 6.72. The third kappa shape index (κ3) is 4.17. The molecule has 1 N–H and O–H groups in total. The summed E-state index contributed by atoms with van der Waals surface area (Å²) in [6.45, 7) is 8.65. The number of carbonyl (C=O) groups is 1. The minimum atomic E-state index is -0.593. The molecule has 0 radical (unpaired) electrons. The molecule has 1 aromatic heterocycles. The molecular formula is C16H24N2O3. The average molecular weight is 292 g/mol. The van der Waals surface area contributed by atoms with Gasteiger partial charge < -0.3 is 14.7 Å². The Balaban J connectivity index is 1.97. The molecule has 21 heavy (non-hydrogen) atoms. The largest absolute Gasteiger partial charge is 0.444 e. The fourth-order valence-corrected chi connectivity index (χ4v) is 2.55. The van der Waals surface area contributed by atoms with E-state index in [4.69, 9.17) is 4.74 Å². The summed E-state index contributed by atoms with van der Waals surface area (Å²) in [4.78, 5) is 17.8. The van der Waals surface area contributed by atoms with Gasteiger partial charge in [-0.05, 0) is 45.2 Å². The maximum Gasteiger partial charge on any atom is 0.410 e. The van der Waals surface area contributed by atoms with Gasteiger partial charge in [-0.15, -0.1) is 0 Å². The Labute approximate surface area is 125 Å². The number of aromatic nitrogens is 1. The van der Waals surface area contributed by atoms with Crippen molar-refractivity contribution in [3.63, 3.8) is 0 Å². The van der Waals surface area contributed by atoms with Crippen LogP contribution in [0.5, 0.6) is 0 Å². The van der Waals surface area contributed by atoms with Crippen molar-refractivity contribution in [3.8, 4) is 0 Å². The number of pyridine rings is 1. The van der Waals surface area contributed by atoms with Crippen molar-refractivity contribution in [2.75, 3.05) is 13.1 Å². The Hall–Kier alpha value is -1.62. The van der Waals surface area contributed by atoms with E-state index in [1.54, 1.807) is 17.3 Å². The van der Waals surface area contributed by atoms with E-state index in [0.29, 0.717) is 13.1 Å². The molecule has 2 atom stereocenters. The van der Waals surface area contributed by atoms with Crippen molar-refractivity contribution in [2.45, 2.75) is 45.8 Å². The van der Waals surface area contributed by atoms with Crippen LogP contribution in [0, 0.1) is 12.8 Å². The first kappa shape index (κ1) is 15.8. The normalized spacial score (nSPS) is 20.4. The van der Waals surface area contributed by atoms with Crippen LogP contribution in [0.3, 0.4) is 0 Å². The molecule has 0 aliphatic carbocycles. The van der Waals surface area contributed by atoms with Gasteiger partial charge >= 0.3 is 6.09 Å². The number of hydrogen-bond donors (Lipinski definition) is 1. The summed E-state index contributed by atoms with van der Waals surface area (Å²) in [7, 11) is 0. The van der Waals surface area contributed by atoms with Crippen LogP contribution in [-0.2, 0) is 4.74 Å². The zero-order chi connectivity index (χ0) is 15.6. The van der Waals surface area contributed by atoms with E-state index in [1.807, 2.05) is 33.8 Å². The molecule has 1 aliphatic heterocycles. The lowest BCUT2D eigenvalue weighted by molar-refractivity contribution is 0.0268. The van der Waals surface area contributed by atoms with E-state index < -0.39 is 11.7 Å². The number of ether oxygens (including phenoxy) is 1. The number of aliphatic hydroxyl groups excluding tert-OH is 1. The Morgan fingerprint density at radius 2 is 2.19 bits per heavy atom. The average Bonchev–Trinajstić information content (AvgIpc) is 2.85. The van der Waals surface area contributed by atoms with Gasteiger partial charge in [0, 0.05) is 31.4 Å². The molecule has 0 bridgehead atoms. The molecule has 5 nitrogen and oxygen atoms in total. The van der Waals surface area contributed by atoms with Crippen molar-refractivity contribution in [3.05, 3.63) is 29.6 Å². The Kier molecular flexibility index (Phi) is 4.52. The highest BCUT2D eigenvalue weighted by Gasteiger charge is 2.34. The molecule has 1 amide bonds.